The largest absolute Gasteiger partial charge is 0.381 e. The molecule has 1 atom stereocenters. The Morgan fingerprint density at radius 2 is 1.88 bits per heavy atom. The Bertz CT molecular complexity index is 440. The number of likely N-dealkylation sites (tertiary alicyclic amines) is 1. The fourth-order valence-corrected chi connectivity index (χ4v) is 4.23. The third-order valence-electron chi connectivity index (χ3n) is 6.15. The average Bonchev–Trinajstić information content (AvgIpc) is 3.22. The molecule has 138 valence electrons. The lowest BCUT2D eigenvalue weighted by atomic mass is 9.87. The van der Waals surface area contributed by atoms with Crippen LogP contribution in [-0.2, 0) is 9.47 Å². The molecule has 0 radical (unpaired) electrons. The lowest BCUT2D eigenvalue weighted by Gasteiger charge is -2.42. The molecular formula is C18H34N4O2. The first-order valence-electron chi connectivity index (χ1n) is 9.45. The summed E-state index contributed by atoms with van der Waals surface area (Å²) in [5, 5.41) is 3.51. The minimum absolute atomic E-state index is 0.132. The van der Waals surface area contributed by atoms with E-state index in [4.69, 9.17) is 14.5 Å². The zero-order chi connectivity index (χ0) is 17.0. The van der Waals surface area contributed by atoms with Gasteiger partial charge in [0.25, 0.3) is 0 Å². The first-order valence-corrected chi connectivity index (χ1v) is 9.45. The van der Waals surface area contributed by atoms with Crippen molar-refractivity contribution < 1.29 is 9.47 Å². The van der Waals surface area contributed by atoms with E-state index < -0.39 is 0 Å². The molecule has 1 N–H and O–H groups in total. The molecule has 3 aliphatic rings. The zero-order valence-electron chi connectivity index (χ0n) is 15.6. The van der Waals surface area contributed by atoms with Gasteiger partial charge in [0, 0.05) is 50.4 Å². The van der Waals surface area contributed by atoms with Gasteiger partial charge in [0.1, 0.15) is 0 Å². The second kappa shape index (κ2) is 7.58. The highest BCUT2D eigenvalue weighted by atomic mass is 16.5. The van der Waals surface area contributed by atoms with Crippen LogP contribution in [0, 0.1) is 5.41 Å². The van der Waals surface area contributed by atoms with Crippen molar-refractivity contribution in [2.75, 3.05) is 66.7 Å². The Morgan fingerprint density at radius 3 is 2.50 bits per heavy atom. The van der Waals surface area contributed by atoms with Gasteiger partial charge in [0.05, 0.1) is 13.2 Å². The van der Waals surface area contributed by atoms with Gasteiger partial charge >= 0.3 is 0 Å². The van der Waals surface area contributed by atoms with Gasteiger partial charge < -0.3 is 24.6 Å². The summed E-state index contributed by atoms with van der Waals surface area (Å²) >= 11 is 0. The molecule has 0 aromatic heterocycles. The molecule has 1 spiro atoms. The first kappa shape index (κ1) is 18.0. The van der Waals surface area contributed by atoms with Crippen LogP contribution in [0.4, 0.5) is 0 Å². The van der Waals surface area contributed by atoms with E-state index in [1.54, 1.807) is 0 Å². The van der Waals surface area contributed by atoms with Crippen LogP contribution in [0.15, 0.2) is 4.99 Å². The molecule has 3 aliphatic heterocycles. The number of likely N-dealkylation sites (N-methyl/N-ethyl adjacent to an activating group) is 1. The highest BCUT2D eigenvalue weighted by Crippen LogP contribution is 2.38. The van der Waals surface area contributed by atoms with Crippen LogP contribution in [0.1, 0.15) is 32.6 Å². The molecule has 3 saturated heterocycles. The van der Waals surface area contributed by atoms with Crippen LogP contribution in [-0.4, -0.2) is 88.0 Å². The van der Waals surface area contributed by atoms with Crippen molar-refractivity contribution in [2.24, 2.45) is 10.4 Å². The van der Waals surface area contributed by atoms with Crippen LogP contribution in [0.25, 0.3) is 0 Å². The first-order chi connectivity index (χ1) is 11.6. The van der Waals surface area contributed by atoms with Crippen molar-refractivity contribution in [3.63, 3.8) is 0 Å². The number of nitrogens with one attached hydrogen (secondary N) is 1. The van der Waals surface area contributed by atoms with Gasteiger partial charge in [0.2, 0.25) is 0 Å². The zero-order valence-corrected chi connectivity index (χ0v) is 15.6. The van der Waals surface area contributed by atoms with Crippen LogP contribution >= 0.6 is 0 Å². The predicted molar refractivity (Wildman–Crippen MR) is 96.5 cm³/mol. The van der Waals surface area contributed by atoms with Crippen LogP contribution in [0.5, 0.6) is 0 Å². The van der Waals surface area contributed by atoms with E-state index >= 15 is 0 Å². The van der Waals surface area contributed by atoms with E-state index in [-0.39, 0.29) is 5.54 Å². The van der Waals surface area contributed by atoms with E-state index in [1.807, 2.05) is 0 Å². The maximum Gasteiger partial charge on any atom is 0.194 e. The molecule has 0 saturated carbocycles. The molecule has 3 fully saturated rings. The highest BCUT2D eigenvalue weighted by Gasteiger charge is 2.42. The Hall–Kier alpha value is -0.850. The maximum atomic E-state index is 5.67. The van der Waals surface area contributed by atoms with Gasteiger partial charge in [-0.15, -0.1) is 0 Å². The summed E-state index contributed by atoms with van der Waals surface area (Å²) in [5.41, 5.74) is 0.501. The SMILES string of the molecule is CCNC(=NCC1(N(C)C)CCOCC1)N1CCC2(CCOC2)C1. The van der Waals surface area contributed by atoms with Gasteiger partial charge in [0.15, 0.2) is 5.96 Å². The van der Waals surface area contributed by atoms with E-state index in [9.17, 15) is 0 Å². The lowest BCUT2D eigenvalue weighted by Crippen LogP contribution is -2.52. The molecule has 24 heavy (non-hydrogen) atoms. The normalized spacial score (nSPS) is 30.5. The van der Waals surface area contributed by atoms with E-state index in [0.29, 0.717) is 5.41 Å². The van der Waals surface area contributed by atoms with Gasteiger partial charge in [-0.2, -0.15) is 0 Å². The molecular weight excluding hydrogens is 304 g/mol. The summed E-state index contributed by atoms with van der Waals surface area (Å²) in [6.07, 6.45) is 4.54. The molecule has 0 amide bonds. The van der Waals surface area contributed by atoms with Crippen molar-refractivity contribution in [3.05, 3.63) is 0 Å². The van der Waals surface area contributed by atoms with Crippen LogP contribution in [0.3, 0.4) is 0 Å². The monoisotopic (exact) mass is 338 g/mol. The summed E-state index contributed by atoms with van der Waals surface area (Å²) in [7, 11) is 4.35. The number of hydrogen-bond donors (Lipinski definition) is 1. The second-order valence-corrected chi connectivity index (χ2v) is 7.88. The average molecular weight is 338 g/mol. The van der Waals surface area contributed by atoms with E-state index in [0.717, 1.165) is 71.4 Å². The van der Waals surface area contributed by atoms with E-state index in [1.165, 1.54) is 12.8 Å². The van der Waals surface area contributed by atoms with Crippen molar-refractivity contribution in [3.8, 4) is 0 Å². The summed E-state index contributed by atoms with van der Waals surface area (Å²) in [6.45, 7) is 9.60. The highest BCUT2D eigenvalue weighted by molar-refractivity contribution is 5.80. The molecule has 0 bridgehead atoms. The summed E-state index contributed by atoms with van der Waals surface area (Å²) in [4.78, 5) is 9.85. The molecule has 0 aromatic carbocycles. The quantitative estimate of drug-likeness (QED) is 0.616. The number of hydrogen-bond acceptors (Lipinski definition) is 4. The van der Waals surface area contributed by atoms with Crippen LogP contribution in [0.2, 0.25) is 0 Å². The molecule has 0 aromatic rings. The molecule has 6 nitrogen and oxygen atoms in total. The summed E-state index contributed by atoms with van der Waals surface area (Å²) < 4.78 is 11.2. The van der Waals surface area contributed by atoms with E-state index in [2.05, 4.69) is 36.1 Å². The molecule has 3 heterocycles. The Morgan fingerprint density at radius 1 is 1.12 bits per heavy atom. The van der Waals surface area contributed by atoms with Crippen molar-refractivity contribution in [1.29, 1.82) is 0 Å². The van der Waals surface area contributed by atoms with Gasteiger partial charge in [-0.25, -0.2) is 0 Å². The second-order valence-electron chi connectivity index (χ2n) is 7.88. The fraction of sp³-hybridized carbons (Fsp3) is 0.944. The number of nitrogens with zero attached hydrogens (tertiary/aromatic N) is 3. The maximum absolute atomic E-state index is 5.67. The topological polar surface area (TPSA) is 49.3 Å². The number of aliphatic imine (C=N–C) groups is 1. The standard InChI is InChI=1S/C18H34N4O2/c1-4-19-16(22-9-5-17(14-22)6-10-24-15-17)20-13-18(21(2)3)7-11-23-12-8-18/h4-15H2,1-3H3,(H,19,20). The number of rotatable bonds is 4. The van der Waals surface area contributed by atoms with Crippen molar-refractivity contribution in [1.82, 2.24) is 15.1 Å². The van der Waals surface area contributed by atoms with Crippen molar-refractivity contribution in [2.45, 2.75) is 38.1 Å². The molecule has 0 aliphatic carbocycles. The third-order valence-corrected chi connectivity index (χ3v) is 6.15. The lowest BCUT2D eigenvalue weighted by molar-refractivity contribution is -0.00263. The van der Waals surface area contributed by atoms with Crippen molar-refractivity contribution >= 4 is 5.96 Å². The minimum Gasteiger partial charge on any atom is -0.381 e. The van der Waals surface area contributed by atoms with Crippen LogP contribution < -0.4 is 5.32 Å². The number of ether oxygens (including phenoxy) is 2. The molecule has 6 heteroatoms. The third kappa shape index (κ3) is 3.70. The Kier molecular flexibility index (Phi) is 5.67. The summed E-state index contributed by atoms with van der Waals surface area (Å²) in [5.74, 6) is 1.08. The number of guanidine groups is 1. The smallest absolute Gasteiger partial charge is 0.194 e. The summed E-state index contributed by atoms with van der Waals surface area (Å²) in [6, 6.07) is 0. The Balaban J connectivity index is 1.69. The predicted octanol–water partition coefficient (Wildman–Crippen LogP) is 1.18. The minimum atomic E-state index is 0.132. The fourth-order valence-electron chi connectivity index (χ4n) is 4.23. The Labute approximate surface area is 146 Å². The van der Waals surface area contributed by atoms with Gasteiger partial charge in [-0.3, -0.25) is 4.99 Å². The van der Waals surface area contributed by atoms with Gasteiger partial charge in [-0.1, -0.05) is 0 Å². The molecule has 3 rings (SSSR count). The molecule has 1 unspecified atom stereocenters. The van der Waals surface area contributed by atoms with Gasteiger partial charge in [-0.05, 0) is 46.7 Å².